The van der Waals surface area contributed by atoms with Gasteiger partial charge in [-0.2, -0.15) is 4.98 Å². The highest BCUT2D eigenvalue weighted by Crippen LogP contribution is 2.28. The number of halogens is 1. The molecule has 0 fully saturated rings. The average Bonchev–Trinajstić information content (AvgIpc) is 2.49. The van der Waals surface area contributed by atoms with Crippen molar-refractivity contribution in [3.05, 3.63) is 53.0 Å². The Morgan fingerprint density at radius 2 is 1.70 bits per heavy atom. The molecule has 0 aliphatic rings. The van der Waals surface area contributed by atoms with Crippen LogP contribution in [0.25, 0.3) is 10.9 Å². The van der Waals surface area contributed by atoms with E-state index in [-0.39, 0.29) is 0 Å². The number of hydrogen-bond acceptors (Lipinski definition) is 4. The summed E-state index contributed by atoms with van der Waals surface area (Å²) in [6.45, 7) is 0. The van der Waals surface area contributed by atoms with Crippen LogP contribution in [0.3, 0.4) is 0 Å². The molecule has 1 heterocycles. The highest BCUT2D eigenvalue weighted by atomic mass is 79.9. The lowest BCUT2D eigenvalue weighted by Crippen LogP contribution is -2.02. The second kappa shape index (κ2) is 5.46. The molecule has 0 amide bonds. The Hall–Kier alpha value is -2.14. The van der Waals surface area contributed by atoms with E-state index in [4.69, 9.17) is 0 Å². The molecule has 0 unspecified atom stereocenters. The minimum Gasteiger partial charge on any atom is -0.357 e. The van der Waals surface area contributed by atoms with Gasteiger partial charge in [-0.05, 0) is 40.2 Å². The van der Waals surface area contributed by atoms with E-state index in [2.05, 4.69) is 36.5 Å². The number of hydrogen-bond donors (Lipinski definition) is 2. The van der Waals surface area contributed by atoms with Gasteiger partial charge in [0.2, 0.25) is 5.95 Å². The first kappa shape index (κ1) is 12.9. The lowest BCUT2D eigenvalue weighted by Gasteiger charge is -2.11. The van der Waals surface area contributed by atoms with E-state index in [0.717, 1.165) is 26.9 Å². The van der Waals surface area contributed by atoms with Gasteiger partial charge in [-0.1, -0.05) is 24.3 Å². The second-order valence-electron chi connectivity index (χ2n) is 4.27. The highest BCUT2D eigenvalue weighted by molar-refractivity contribution is 9.10. The molecular formula is C15H13BrN4. The van der Waals surface area contributed by atoms with Crippen molar-refractivity contribution in [2.45, 2.75) is 0 Å². The number of para-hydroxylation sites is 2. The molecule has 0 radical (unpaired) electrons. The van der Waals surface area contributed by atoms with E-state index in [9.17, 15) is 0 Å². The van der Waals surface area contributed by atoms with E-state index >= 15 is 0 Å². The highest BCUT2D eigenvalue weighted by Gasteiger charge is 2.08. The fraction of sp³-hybridized carbons (Fsp3) is 0.0667. The van der Waals surface area contributed by atoms with Crippen LogP contribution in [0.1, 0.15) is 0 Å². The first-order valence-corrected chi connectivity index (χ1v) is 7.03. The molecule has 0 saturated carbocycles. The lowest BCUT2D eigenvalue weighted by atomic mass is 10.2. The standard InChI is InChI=1S/C15H13BrN4/c1-17-15-19-12-8-4-2-6-10(12)14(20-15)18-13-9-5-3-7-11(13)16/h2-9H,1H3,(H2,17,18,19,20). The maximum atomic E-state index is 4.50. The van der Waals surface area contributed by atoms with Crippen molar-refractivity contribution in [3.63, 3.8) is 0 Å². The molecule has 2 N–H and O–H groups in total. The third-order valence-corrected chi connectivity index (χ3v) is 3.65. The topological polar surface area (TPSA) is 49.8 Å². The van der Waals surface area contributed by atoms with Crippen LogP contribution in [-0.4, -0.2) is 17.0 Å². The van der Waals surface area contributed by atoms with Crippen LogP contribution in [0.2, 0.25) is 0 Å². The molecule has 0 bridgehead atoms. The van der Waals surface area contributed by atoms with Gasteiger partial charge in [-0.25, -0.2) is 4.98 Å². The van der Waals surface area contributed by atoms with Crippen molar-refractivity contribution >= 4 is 44.3 Å². The Bertz CT molecular complexity index is 758. The van der Waals surface area contributed by atoms with Crippen molar-refractivity contribution in [1.82, 2.24) is 9.97 Å². The zero-order chi connectivity index (χ0) is 13.9. The number of nitrogens with one attached hydrogen (secondary N) is 2. The number of fused-ring (bicyclic) bond motifs is 1. The van der Waals surface area contributed by atoms with E-state index in [0.29, 0.717) is 5.95 Å². The van der Waals surface area contributed by atoms with Gasteiger partial charge in [-0.15, -0.1) is 0 Å². The molecule has 0 saturated heterocycles. The monoisotopic (exact) mass is 328 g/mol. The Morgan fingerprint density at radius 1 is 0.950 bits per heavy atom. The van der Waals surface area contributed by atoms with Crippen molar-refractivity contribution in [3.8, 4) is 0 Å². The molecule has 0 spiro atoms. The van der Waals surface area contributed by atoms with Crippen molar-refractivity contribution < 1.29 is 0 Å². The lowest BCUT2D eigenvalue weighted by molar-refractivity contribution is 1.19. The first-order valence-electron chi connectivity index (χ1n) is 6.24. The van der Waals surface area contributed by atoms with Crippen LogP contribution >= 0.6 is 15.9 Å². The fourth-order valence-corrected chi connectivity index (χ4v) is 2.36. The maximum Gasteiger partial charge on any atom is 0.224 e. The largest absolute Gasteiger partial charge is 0.357 e. The van der Waals surface area contributed by atoms with Crippen LogP contribution in [0, 0.1) is 0 Å². The summed E-state index contributed by atoms with van der Waals surface area (Å²) in [5, 5.41) is 7.33. The van der Waals surface area contributed by atoms with Gasteiger partial charge in [-0.3, -0.25) is 0 Å². The zero-order valence-electron chi connectivity index (χ0n) is 10.9. The van der Waals surface area contributed by atoms with Gasteiger partial charge in [0.1, 0.15) is 5.82 Å². The Morgan fingerprint density at radius 3 is 2.50 bits per heavy atom. The number of benzene rings is 2. The summed E-state index contributed by atoms with van der Waals surface area (Å²) in [7, 11) is 1.81. The molecule has 20 heavy (non-hydrogen) atoms. The third-order valence-electron chi connectivity index (χ3n) is 2.95. The van der Waals surface area contributed by atoms with E-state index < -0.39 is 0 Å². The molecular weight excluding hydrogens is 316 g/mol. The van der Waals surface area contributed by atoms with Crippen molar-refractivity contribution in [1.29, 1.82) is 0 Å². The maximum absolute atomic E-state index is 4.50. The Balaban J connectivity index is 2.13. The molecule has 0 aliphatic heterocycles. The first-order chi connectivity index (χ1) is 9.78. The van der Waals surface area contributed by atoms with Gasteiger partial charge < -0.3 is 10.6 Å². The summed E-state index contributed by atoms with van der Waals surface area (Å²) < 4.78 is 0.994. The molecule has 0 atom stereocenters. The summed E-state index contributed by atoms with van der Waals surface area (Å²) in [6, 6.07) is 15.9. The van der Waals surface area contributed by atoms with E-state index in [1.165, 1.54) is 0 Å². The molecule has 3 rings (SSSR count). The molecule has 100 valence electrons. The zero-order valence-corrected chi connectivity index (χ0v) is 12.5. The van der Waals surface area contributed by atoms with Crippen LogP contribution in [0.5, 0.6) is 0 Å². The summed E-state index contributed by atoms with van der Waals surface area (Å²) in [6.07, 6.45) is 0. The molecule has 1 aromatic heterocycles. The van der Waals surface area contributed by atoms with Crippen LogP contribution in [0.4, 0.5) is 17.5 Å². The fourth-order valence-electron chi connectivity index (χ4n) is 1.97. The molecule has 4 nitrogen and oxygen atoms in total. The predicted molar refractivity (Wildman–Crippen MR) is 86.5 cm³/mol. The second-order valence-corrected chi connectivity index (χ2v) is 5.12. The normalized spacial score (nSPS) is 10.5. The third kappa shape index (κ3) is 2.44. The summed E-state index contributed by atoms with van der Waals surface area (Å²) >= 11 is 3.53. The van der Waals surface area contributed by atoms with Gasteiger partial charge in [0.25, 0.3) is 0 Å². The van der Waals surface area contributed by atoms with E-state index in [1.54, 1.807) is 0 Å². The van der Waals surface area contributed by atoms with Crippen LogP contribution < -0.4 is 10.6 Å². The minimum absolute atomic E-state index is 0.596. The van der Waals surface area contributed by atoms with Gasteiger partial charge in [0.15, 0.2) is 0 Å². The summed E-state index contributed by atoms with van der Waals surface area (Å²) in [5.74, 6) is 1.38. The van der Waals surface area contributed by atoms with Gasteiger partial charge in [0.05, 0.1) is 11.2 Å². The van der Waals surface area contributed by atoms with Crippen LogP contribution in [-0.2, 0) is 0 Å². The summed E-state index contributed by atoms with van der Waals surface area (Å²) in [4.78, 5) is 8.95. The number of rotatable bonds is 3. The van der Waals surface area contributed by atoms with Crippen LogP contribution in [0.15, 0.2) is 53.0 Å². The number of nitrogens with zero attached hydrogens (tertiary/aromatic N) is 2. The Kier molecular flexibility index (Phi) is 3.52. The Labute approximate surface area is 125 Å². The molecule has 0 aliphatic carbocycles. The summed E-state index contributed by atoms with van der Waals surface area (Å²) in [5.41, 5.74) is 1.87. The van der Waals surface area contributed by atoms with E-state index in [1.807, 2.05) is 55.6 Å². The molecule has 3 aromatic rings. The van der Waals surface area contributed by atoms with Crippen molar-refractivity contribution in [2.24, 2.45) is 0 Å². The smallest absolute Gasteiger partial charge is 0.224 e. The SMILES string of the molecule is CNc1nc(Nc2ccccc2Br)c2ccccc2n1. The predicted octanol–water partition coefficient (Wildman–Crippen LogP) is 4.18. The number of anilines is 3. The molecule has 5 heteroatoms. The van der Waals surface area contributed by atoms with Gasteiger partial charge >= 0.3 is 0 Å². The quantitative estimate of drug-likeness (QED) is 0.757. The van der Waals surface area contributed by atoms with Gasteiger partial charge in [0, 0.05) is 16.9 Å². The average molecular weight is 329 g/mol. The number of aromatic nitrogens is 2. The molecule has 2 aromatic carbocycles. The van der Waals surface area contributed by atoms with Crippen molar-refractivity contribution in [2.75, 3.05) is 17.7 Å². The minimum atomic E-state index is 0.596.